The normalized spacial score (nSPS) is 11.3. The van der Waals surface area contributed by atoms with Crippen molar-refractivity contribution >= 4 is 21.5 Å². The lowest BCUT2D eigenvalue weighted by Gasteiger charge is -2.23. The van der Waals surface area contributed by atoms with E-state index < -0.39 is 0 Å². The molecule has 0 fully saturated rings. The number of hydrogen-bond donors (Lipinski definition) is 0. The van der Waals surface area contributed by atoms with Crippen molar-refractivity contribution in [3.05, 3.63) is 107 Å². The van der Waals surface area contributed by atoms with Crippen LogP contribution in [0.2, 0.25) is 0 Å². The smallest absolute Gasteiger partial charge is 0.00210 e. The summed E-state index contributed by atoms with van der Waals surface area (Å²) in [7, 11) is 0. The molecule has 0 saturated heterocycles. The van der Waals surface area contributed by atoms with Gasteiger partial charge in [-0.3, -0.25) is 0 Å². The number of hydrogen-bond acceptors (Lipinski definition) is 0. The van der Waals surface area contributed by atoms with Crippen LogP contribution < -0.4 is 0 Å². The fourth-order valence-electron chi connectivity index (χ4n) is 4.90. The van der Waals surface area contributed by atoms with Crippen molar-refractivity contribution < 1.29 is 0 Å². The van der Waals surface area contributed by atoms with Gasteiger partial charge >= 0.3 is 0 Å². The van der Waals surface area contributed by atoms with Crippen LogP contribution in [-0.4, -0.2) is 0 Å². The highest BCUT2D eigenvalue weighted by molar-refractivity contribution is 6.17. The summed E-state index contributed by atoms with van der Waals surface area (Å²) in [5, 5.41) is 5.35. The highest BCUT2D eigenvalue weighted by Gasteiger charge is 2.20. The topological polar surface area (TPSA) is 0 Å². The summed E-state index contributed by atoms with van der Waals surface area (Å²) < 4.78 is 0. The lowest BCUT2D eigenvalue weighted by atomic mass is 9.81. The lowest BCUT2D eigenvalue weighted by Crippen LogP contribution is -1.98. The molecule has 146 valence electrons. The first kappa shape index (κ1) is 18.6. The van der Waals surface area contributed by atoms with Crippen molar-refractivity contribution in [2.45, 2.75) is 27.7 Å². The largest absolute Gasteiger partial charge is 0.0620 e. The van der Waals surface area contributed by atoms with Crippen LogP contribution in [0.3, 0.4) is 0 Å². The zero-order valence-corrected chi connectivity index (χ0v) is 18.1. The molecule has 0 spiro atoms. The van der Waals surface area contributed by atoms with E-state index in [9.17, 15) is 0 Å². The lowest BCUT2D eigenvalue weighted by molar-refractivity contribution is 1.35. The summed E-state index contributed by atoms with van der Waals surface area (Å²) in [6.45, 7) is 9.02. The van der Waals surface area contributed by atoms with E-state index in [1.807, 2.05) is 0 Å². The summed E-state index contributed by atoms with van der Waals surface area (Å²) in [6, 6.07) is 30.9. The van der Waals surface area contributed by atoms with E-state index in [-0.39, 0.29) is 0 Å². The summed E-state index contributed by atoms with van der Waals surface area (Å²) >= 11 is 0. The van der Waals surface area contributed by atoms with Gasteiger partial charge in [-0.1, -0.05) is 84.9 Å². The molecule has 0 saturated carbocycles. The Bertz CT molecular complexity index is 1420. The van der Waals surface area contributed by atoms with Crippen LogP contribution in [0.15, 0.2) is 84.9 Å². The summed E-state index contributed by atoms with van der Waals surface area (Å²) in [4.78, 5) is 0. The number of benzene rings is 5. The summed E-state index contributed by atoms with van der Waals surface area (Å²) in [5.74, 6) is 0. The Labute approximate surface area is 178 Å². The minimum Gasteiger partial charge on any atom is -0.0620 e. The first-order valence-electron chi connectivity index (χ1n) is 10.6. The third kappa shape index (κ3) is 2.75. The van der Waals surface area contributed by atoms with Gasteiger partial charge in [0.2, 0.25) is 0 Å². The minimum atomic E-state index is 1.30. The maximum atomic E-state index is 2.33. The molecule has 5 aromatic rings. The Hall–Kier alpha value is -3.38. The molecule has 0 radical (unpaired) electrons. The van der Waals surface area contributed by atoms with E-state index in [2.05, 4.69) is 113 Å². The molecule has 0 aromatic heterocycles. The molecule has 0 atom stereocenters. The molecule has 0 nitrogen and oxygen atoms in total. The second kappa shape index (κ2) is 7.15. The third-order valence-corrected chi connectivity index (χ3v) is 6.59. The van der Waals surface area contributed by atoms with Crippen LogP contribution in [0, 0.1) is 27.7 Å². The van der Waals surface area contributed by atoms with Crippen LogP contribution >= 0.6 is 0 Å². The Kier molecular flexibility index (Phi) is 4.44. The summed E-state index contributed by atoms with van der Waals surface area (Å²) in [6.07, 6.45) is 0. The predicted octanol–water partition coefficient (Wildman–Crippen LogP) is 8.56. The molecule has 0 unspecified atom stereocenters. The molecule has 0 bridgehead atoms. The van der Waals surface area contributed by atoms with Gasteiger partial charge in [0, 0.05) is 0 Å². The van der Waals surface area contributed by atoms with Gasteiger partial charge in [0.15, 0.2) is 0 Å². The van der Waals surface area contributed by atoms with E-state index in [1.54, 1.807) is 0 Å². The average Bonchev–Trinajstić information content (AvgIpc) is 2.77. The maximum Gasteiger partial charge on any atom is -0.00210 e. The van der Waals surface area contributed by atoms with E-state index in [0.717, 1.165) is 0 Å². The predicted molar refractivity (Wildman–Crippen MR) is 131 cm³/mol. The standard InChI is InChI=1S/C30H26/c1-19-11-5-8-14-24(19)29-22(4)21(3)28-26-16-10-7-13-23(26)17-18-27(28)30(29)25-15-9-6-12-20(25)2/h5-18H,1-4H3. The Morgan fingerprint density at radius 1 is 0.433 bits per heavy atom. The van der Waals surface area contributed by atoms with Crippen molar-refractivity contribution in [3.63, 3.8) is 0 Å². The van der Waals surface area contributed by atoms with Crippen LogP contribution in [-0.2, 0) is 0 Å². The minimum absolute atomic E-state index is 1.30. The van der Waals surface area contributed by atoms with Gasteiger partial charge in [0.1, 0.15) is 0 Å². The maximum absolute atomic E-state index is 2.33. The summed E-state index contributed by atoms with van der Waals surface area (Å²) in [5.41, 5.74) is 10.7. The molecule has 0 aliphatic rings. The number of rotatable bonds is 2. The van der Waals surface area contributed by atoms with Crippen molar-refractivity contribution in [3.8, 4) is 22.3 Å². The molecular formula is C30H26. The Morgan fingerprint density at radius 2 is 1.00 bits per heavy atom. The van der Waals surface area contributed by atoms with Gasteiger partial charge in [-0.05, 0) is 93.7 Å². The molecular weight excluding hydrogens is 360 g/mol. The highest BCUT2D eigenvalue weighted by Crippen LogP contribution is 2.46. The molecule has 0 amide bonds. The molecule has 30 heavy (non-hydrogen) atoms. The molecule has 0 heterocycles. The number of fused-ring (bicyclic) bond motifs is 3. The molecule has 0 aliphatic carbocycles. The second-order valence-corrected chi connectivity index (χ2v) is 8.34. The SMILES string of the molecule is Cc1ccccc1-c1c(C)c(C)c2c(ccc3ccccc32)c1-c1ccccc1C. The average molecular weight is 387 g/mol. The van der Waals surface area contributed by atoms with Crippen molar-refractivity contribution in [2.24, 2.45) is 0 Å². The van der Waals surface area contributed by atoms with Crippen LogP contribution in [0.1, 0.15) is 22.3 Å². The zero-order chi connectivity index (χ0) is 20.8. The van der Waals surface area contributed by atoms with E-state index in [0.29, 0.717) is 0 Å². The molecule has 0 aliphatic heterocycles. The first-order chi connectivity index (χ1) is 14.6. The van der Waals surface area contributed by atoms with Gasteiger partial charge < -0.3 is 0 Å². The first-order valence-corrected chi connectivity index (χ1v) is 10.6. The van der Waals surface area contributed by atoms with E-state index in [4.69, 9.17) is 0 Å². The molecule has 5 rings (SSSR count). The van der Waals surface area contributed by atoms with Crippen LogP contribution in [0.4, 0.5) is 0 Å². The highest BCUT2D eigenvalue weighted by atomic mass is 14.2. The molecule has 5 aromatic carbocycles. The zero-order valence-electron chi connectivity index (χ0n) is 18.1. The van der Waals surface area contributed by atoms with Crippen LogP contribution in [0.25, 0.3) is 43.8 Å². The van der Waals surface area contributed by atoms with Gasteiger partial charge in [-0.15, -0.1) is 0 Å². The Balaban J connectivity index is 2.06. The number of aryl methyl sites for hydroxylation is 3. The Morgan fingerprint density at radius 3 is 1.67 bits per heavy atom. The van der Waals surface area contributed by atoms with Crippen molar-refractivity contribution in [1.82, 2.24) is 0 Å². The second-order valence-electron chi connectivity index (χ2n) is 8.34. The van der Waals surface area contributed by atoms with Crippen molar-refractivity contribution in [1.29, 1.82) is 0 Å². The molecule has 0 N–H and O–H groups in total. The van der Waals surface area contributed by atoms with Gasteiger partial charge in [0.25, 0.3) is 0 Å². The monoisotopic (exact) mass is 386 g/mol. The fraction of sp³-hybridized carbons (Fsp3) is 0.133. The van der Waals surface area contributed by atoms with E-state index in [1.165, 1.54) is 66.1 Å². The fourth-order valence-corrected chi connectivity index (χ4v) is 4.90. The van der Waals surface area contributed by atoms with Gasteiger partial charge in [-0.25, -0.2) is 0 Å². The van der Waals surface area contributed by atoms with Crippen LogP contribution in [0.5, 0.6) is 0 Å². The van der Waals surface area contributed by atoms with Crippen molar-refractivity contribution in [2.75, 3.05) is 0 Å². The van der Waals surface area contributed by atoms with Gasteiger partial charge in [-0.2, -0.15) is 0 Å². The molecule has 0 heteroatoms. The quantitative estimate of drug-likeness (QED) is 0.267. The van der Waals surface area contributed by atoms with Gasteiger partial charge in [0.05, 0.1) is 0 Å². The van der Waals surface area contributed by atoms with E-state index >= 15 is 0 Å². The third-order valence-electron chi connectivity index (χ3n) is 6.59.